The Morgan fingerprint density at radius 1 is 1.60 bits per heavy atom. The predicted molar refractivity (Wildman–Crippen MR) is 65.1 cm³/mol. The minimum atomic E-state index is 0.139. The van der Waals surface area contributed by atoms with Gasteiger partial charge in [-0.05, 0) is 31.3 Å². The number of ether oxygens (including phenoxy) is 1. The average Bonchev–Trinajstić information content (AvgIpc) is 2.20. The van der Waals surface area contributed by atoms with E-state index in [1.54, 1.807) is 6.21 Å². The van der Waals surface area contributed by atoms with Gasteiger partial charge in [0, 0.05) is 5.56 Å². The van der Waals surface area contributed by atoms with Crippen LogP contribution in [-0.4, -0.2) is 17.9 Å². The summed E-state index contributed by atoms with van der Waals surface area (Å²) in [5.41, 5.74) is 8.59. The lowest BCUT2D eigenvalue weighted by Crippen LogP contribution is -2.24. The van der Waals surface area contributed by atoms with Gasteiger partial charge in [0.1, 0.15) is 5.75 Å². The SMILES string of the molecule is CCOc1ccccc1/C=N/NC(N)=S. The molecule has 0 heterocycles. The number of hydrogen-bond acceptors (Lipinski definition) is 3. The number of nitrogens with two attached hydrogens (primary N) is 1. The van der Waals surface area contributed by atoms with Gasteiger partial charge in [0.15, 0.2) is 5.11 Å². The van der Waals surface area contributed by atoms with E-state index in [4.69, 9.17) is 10.5 Å². The number of rotatable bonds is 4. The molecule has 0 radical (unpaired) electrons. The number of hydrogen-bond donors (Lipinski definition) is 2. The number of nitrogens with one attached hydrogen (secondary N) is 1. The van der Waals surface area contributed by atoms with Crippen molar-refractivity contribution in [2.45, 2.75) is 6.92 Å². The summed E-state index contributed by atoms with van der Waals surface area (Å²) in [5, 5.41) is 4.00. The fourth-order valence-corrected chi connectivity index (χ4v) is 1.09. The summed E-state index contributed by atoms with van der Waals surface area (Å²) in [6, 6.07) is 7.59. The van der Waals surface area contributed by atoms with E-state index in [-0.39, 0.29) is 5.11 Å². The molecule has 0 spiro atoms. The van der Waals surface area contributed by atoms with Crippen LogP contribution in [0, 0.1) is 0 Å². The zero-order valence-corrected chi connectivity index (χ0v) is 9.25. The number of nitrogens with zero attached hydrogens (tertiary/aromatic N) is 1. The van der Waals surface area contributed by atoms with Crippen LogP contribution in [0.25, 0.3) is 0 Å². The Morgan fingerprint density at radius 3 is 3.00 bits per heavy atom. The predicted octanol–water partition coefficient (Wildman–Crippen LogP) is 1.25. The standard InChI is InChI=1S/C10H13N3OS/c1-2-14-9-6-4-3-5-8(9)7-12-13-10(11)15/h3-7H,2H2,1H3,(H3,11,13,15)/b12-7+. The fraction of sp³-hybridized carbons (Fsp3) is 0.200. The maximum absolute atomic E-state index is 5.41. The number of para-hydroxylation sites is 1. The van der Waals surface area contributed by atoms with Crippen molar-refractivity contribution in [2.75, 3.05) is 6.61 Å². The van der Waals surface area contributed by atoms with E-state index in [1.165, 1.54) is 0 Å². The summed E-state index contributed by atoms with van der Waals surface area (Å²) in [6.45, 7) is 2.55. The second kappa shape index (κ2) is 5.98. The van der Waals surface area contributed by atoms with Gasteiger partial charge < -0.3 is 10.5 Å². The molecule has 1 aromatic rings. The molecular weight excluding hydrogens is 210 g/mol. The normalized spacial score (nSPS) is 10.2. The van der Waals surface area contributed by atoms with E-state index in [1.807, 2.05) is 31.2 Å². The first-order valence-electron chi connectivity index (χ1n) is 4.54. The first kappa shape index (κ1) is 11.5. The third-order valence-electron chi connectivity index (χ3n) is 1.60. The Bertz CT molecular complexity index is 365. The van der Waals surface area contributed by atoms with Crippen molar-refractivity contribution < 1.29 is 4.74 Å². The Balaban J connectivity index is 2.74. The average molecular weight is 223 g/mol. The molecule has 0 aliphatic heterocycles. The van der Waals surface area contributed by atoms with Gasteiger partial charge in [-0.15, -0.1) is 0 Å². The molecule has 0 atom stereocenters. The van der Waals surface area contributed by atoms with Crippen LogP contribution in [0.1, 0.15) is 12.5 Å². The summed E-state index contributed by atoms with van der Waals surface area (Å²) in [5.74, 6) is 0.786. The summed E-state index contributed by atoms with van der Waals surface area (Å²) in [7, 11) is 0. The minimum absolute atomic E-state index is 0.139. The van der Waals surface area contributed by atoms with Crippen molar-refractivity contribution in [3.8, 4) is 5.75 Å². The van der Waals surface area contributed by atoms with Gasteiger partial charge in [-0.25, -0.2) is 0 Å². The number of hydrazone groups is 1. The highest BCUT2D eigenvalue weighted by molar-refractivity contribution is 7.80. The van der Waals surface area contributed by atoms with E-state index in [0.717, 1.165) is 11.3 Å². The molecule has 0 bridgehead atoms. The Kier molecular flexibility index (Phi) is 4.56. The lowest BCUT2D eigenvalue weighted by atomic mass is 10.2. The summed E-state index contributed by atoms with van der Waals surface area (Å²) >= 11 is 4.62. The fourth-order valence-electron chi connectivity index (χ4n) is 1.04. The second-order valence-electron chi connectivity index (χ2n) is 2.71. The lowest BCUT2D eigenvalue weighted by Gasteiger charge is -2.05. The molecule has 0 aliphatic carbocycles. The van der Waals surface area contributed by atoms with Crippen molar-refractivity contribution in [3.63, 3.8) is 0 Å². The summed E-state index contributed by atoms with van der Waals surface area (Å²) < 4.78 is 5.41. The van der Waals surface area contributed by atoms with E-state index in [2.05, 4.69) is 22.7 Å². The van der Waals surface area contributed by atoms with Crippen molar-refractivity contribution in [3.05, 3.63) is 29.8 Å². The van der Waals surface area contributed by atoms with Crippen molar-refractivity contribution in [2.24, 2.45) is 10.8 Å². The molecule has 1 aromatic carbocycles. The van der Waals surface area contributed by atoms with Crippen LogP contribution in [0.4, 0.5) is 0 Å². The van der Waals surface area contributed by atoms with E-state index in [9.17, 15) is 0 Å². The van der Waals surface area contributed by atoms with Crippen LogP contribution in [0.15, 0.2) is 29.4 Å². The molecule has 80 valence electrons. The topological polar surface area (TPSA) is 59.6 Å². The highest BCUT2D eigenvalue weighted by Gasteiger charge is 1.98. The quantitative estimate of drug-likeness (QED) is 0.458. The van der Waals surface area contributed by atoms with Crippen LogP contribution in [0.3, 0.4) is 0 Å². The maximum Gasteiger partial charge on any atom is 0.184 e. The molecule has 0 aliphatic rings. The van der Waals surface area contributed by atoms with Gasteiger partial charge in [-0.1, -0.05) is 12.1 Å². The Hall–Kier alpha value is -1.62. The highest BCUT2D eigenvalue weighted by Crippen LogP contribution is 2.15. The van der Waals surface area contributed by atoms with Gasteiger partial charge in [-0.2, -0.15) is 5.10 Å². The molecule has 0 saturated heterocycles. The molecule has 0 amide bonds. The summed E-state index contributed by atoms with van der Waals surface area (Å²) in [6.07, 6.45) is 1.62. The van der Waals surface area contributed by atoms with Crippen LogP contribution in [0.5, 0.6) is 5.75 Å². The van der Waals surface area contributed by atoms with Gasteiger partial charge in [0.25, 0.3) is 0 Å². The van der Waals surface area contributed by atoms with E-state index < -0.39 is 0 Å². The molecule has 0 fully saturated rings. The zero-order chi connectivity index (χ0) is 11.1. The molecule has 0 saturated carbocycles. The van der Waals surface area contributed by atoms with Crippen molar-refractivity contribution >= 4 is 23.5 Å². The van der Waals surface area contributed by atoms with Gasteiger partial charge in [0.05, 0.1) is 12.8 Å². The van der Waals surface area contributed by atoms with Gasteiger partial charge in [0.2, 0.25) is 0 Å². The van der Waals surface area contributed by atoms with Crippen LogP contribution in [-0.2, 0) is 0 Å². The molecule has 0 aromatic heterocycles. The lowest BCUT2D eigenvalue weighted by molar-refractivity contribution is 0.340. The molecule has 4 nitrogen and oxygen atoms in total. The monoisotopic (exact) mass is 223 g/mol. The minimum Gasteiger partial charge on any atom is -0.493 e. The van der Waals surface area contributed by atoms with E-state index in [0.29, 0.717) is 6.61 Å². The zero-order valence-electron chi connectivity index (χ0n) is 8.43. The number of thiocarbonyl (C=S) groups is 1. The Labute approximate surface area is 94.1 Å². The van der Waals surface area contributed by atoms with E-state index >= 15 is 0 Å². The van der Waals surface area contributed by atoms with Crippen LogP contribution in [0.2, 0.25) is 0 Å². The van der Waals surface area contributed by atoms with Crippen LogP contribution >= 0.6 is 12.2 Å². The molecule has 5 heteroatoms. The largest absolute Gasteiger partial charge is 0.493 e. The van der Waals surface area contributed by atoms with Crippen molar-refractivity contribution in [1.29, 1.82) is 0 Å². The third kappa shape index (κ3) is 3.95. The Morgan fingerprint density at radius 2 is 2.33 bits per heavy atom. The first-order chi connectivity index (χ1) is 7.24. The van der Waals surface area contributed by atoms with Gasteiger partial charge in [-0.3, -0.25) is 5.43 Å². The third-order valence-corrected chi connectivity index (χ3v) is 1.69. The molecule has 3 N–H and O–H groups in total. The molecule has 1 rings (SSSR count). The highest BCUT2D eigenvalue weighted by atomic mass is 32.1. The molecule has 0 unspecified atom stereocenters. The van der Waals surface area contributed by atoms with Gasteiger partial charge >= 0.3 is 0 Å². The molecule has 15 heavy (non-hydrogen) atoms. The van der Waals surface area contributed by atoms with Crippen LogP contribution < -0.4 is 15.9 Å². The first-order valence-corrected chi connectivity index (χ1v) is 4.95. The summed E-state index contributed by atoms with van der Waals surface area (Å²) in [4.78, 5) is 0. The smallest absolute Gasteiger partial charge is 0.184 e. The molecular formula is C10H13N3OS. The van der Waals surface area contributed by atoms with Crippen molar-refractivity contribution in [1.82, 2.24) is 5.43 Å². The number of benzene rings is 1. The maximum atomic E-state index is 5.41. The second-order valence-corrected chi connectivity index (χ2v) is 3.14.